The largest absolute Gasteiger partial charge is 0.342 e. The third-order valence-corrected chi connectivity index (χ3v) is 3.02. The van der Waals surface area contributed by atoms with E-state index in [0.717, 1.165) is 24.0 Å². The third-order valence-electron chi connectivity index (χ3n) is 2.18. The summed E-state index contributed by atoms with van der Waals surface area (Å²) in [5, 5.41) is 1.02. The second-order valence-electron chi connectivity index (χ2n) is 3.00. The number of aryl methyl sites for hydroxylation is 1. The molecule has 1 saturated heterocycles. The first-order chi connectivity index (χ1) is 5.81. The molecule has 1 unspecified atom stereocenters. The molecule has 66 valence electrons. The number of rotatable bonds is 2. The van der Waals surface area contributed by atoms with Gasteiger partial charge in [-0.05, 0) is 13.3 Å². The van der Waals surface area contributed by atoms with E-state index < -0.39 is 0 Å². The quantitative estimate of drug-likeness (QED) is 0.722. The van der Waals surface area contributed by atoms with Crippen molar-refractivity contribution in [3.8, 4) is 0 Å². The third kappa shape index (κ3) is 1.19. The van der Waals surface area contributed by atoms with Gasteiger partial charge in [0.1, 0.15) is 5.82 Å². The lowest BCUT2D eigenvalue weighted by Crippen LogP contribution is -2.51. The predicted molar refractivity (Wildman–Crippen MR) is 49.5 cm³/mol. The van der Waals surface area contributed by atoms with Crippen LogP contribution < -0.4 is 10.6 Å². The van der Waals surface area contributed by atoms with E-state index in [1.807, 2.05) is 6.92 Å². The Kier molecular flexibility index (Phi) is 1.98. The van der Waals surface area contributed by atoms with Gasteiger partial charge in [0.25, 0.3) is 0 Å². The molecular weight excluding hydrogens is 172 g/mol. The number of nitrogens with two attached hydrogens (primary N) is 1. The molecule has 2 N–H and O–H groups in total. The fraction of sp³-hybridized carbons (Fsp3) is 0.714. The molecule has 2 heterocycles. The van der Waals surface area contributed by atoms with Crippen molar-refractivity contribution in [3.05, 3.63) is 5.82 Å². The fourth-order valence-electron chi connectivity index (χ4n) is 1.34. The molecule has 0 radical (unpaired) electrons. The first-order valence-electron chi connectivity index (χ1n) is 4.08. The van der Waals surface area contributed by atoms with Crippen molar-refractivity contribution < 1.29 is 0 Å². The van der Waals surface area contributed by atoms with Crippen LogP contribution in [0, 0.1) is 6.92 Å². The summed E-state index contributed by atoms with van der Waals surface area (Å²) in [7, 11) is 0. The van der Waals surface area contributed by atoms with Crippen LogP contribution in [0.5, 0.6) is 0 Å². The second-order valence-corrected chi connectivity index (χ2v) is 3.73. The topological polar surface area (TPSA) is 55.0 Å². The molecule has 12 heavy (non-hydrogen) atoms. The van der Waals surface area contributed by atoms with Gasteiger partial charge in [-0.3, -0.25) is 0 Å². The molecule has 1 aromatic heterocycles. The Hall–Kier alpha value is -0.680. The summed E-state index contributed by atoms with van der Waals surface area (Å²) in [5.74, 6) is 0.859. The first-order valence-corrected chi connectivity index (χ1v) is 4.85. The van der Waals surface area contributed by atoms with Crippen LogP contribution in [0.1, 0.15) is 12.2 Å². The average Bonchev–Trinajstić information content (AvgIpc) is 2.35. The molecule has 0 amide bonds. The van der Waals surface area contributed by atoms with Crippen molar-refractivity contribution in [3.63, 3.8) is 0 Å². The van der Waals surface area contributed by atoms with Crippen LogP contribution in [0.3, 0.4) is 0 Å². The van der Waals surface area contributed by atoms with Crippen molar-refractivity contribution in [2.45, 2.75) is 19.4 Å². The number of anilines is 1. The van der Waals surface area contributed by atoms with Crippen LogP contribution in [0.2, 0.25) is 0 Å². The van der Waals surface area contributed by atoms with Crippen LogP contribution in [0.4, 0.5) is 5.13 Å². The summed E-state index contributed by atoms with van der Waals surface area (Å²) in [4.78, 5) is 6.54. The van der Waals surface area contributed by atoms with Crippen molar-refractivity contribution >= 4 is 16.7 Å². The highest BCUT2D eigenvalue weighted by molar-refractivity contribution is 7.09. The van der Waals surface area contributed by atoms with E-state index in [1.165, 1.54) is 18.0 Å². The predicted octanol–water partition coefficient (Wildman–Crippen LogP) is 0.384. The van der Waals surface area contributed by atoms with Gasteiger partial charge in [-0.15, -0.1) is 0 Å². The minimum absolute atomic E-state index is 0.498. The van der Waals surface area contributed by atoms with E-state index in [0.29, 0.717) is 6.04 Å². The Morgan fingerprint density at radius 3 is 3.00 bits per heavy atom. The van der Waals surface area contributed by atoms with E-state index in [2.05, 4.69) is 14.3 Å². The number of hydrogen-bond acceptors (Lipinski definition) is 5. The average molecular weight is 184 g/mol. The zero-order valence-electron chi connectivity index (χ0n) is 7.03. The van der Waals surface area contributed by atoms with Gasteiger partial charge >= 0.3 is 0 Å². The standard InChI is InChI=1S/C7H12N4S/c1-5-9-7(12-10-5)11-3-2-6(11)4-8/h6H,2-4,8H2,1H3. The van der Waals surface area contributed by atoms with Gasteiger partial charge in [0.15, 0.2) is 0 Å². The Balaban J connectivity index is 2.10. The zero-order chi connectivity index (χ0) is 8.55. The molecular formula is C7H12N4S. The van der Waals surface area contributed by atoms with Crippen molar-refractivity contribution in [2.24, 2.45) is 5.73 Å². The minimum atomic E-state index is 0.498. The molecule has 0 aliphatic carbocycles. The molecule has 0 spiro atoms. The van der Waals surface area contributed by atoms with E-state index in [9.17, 15) is 0 Å². The van der Waals surface area contributed by atoms with Crippen LogP contribution in [0.25, 0.3) is 0 Å². The maximum Gasteiger partial charge on any atom is 0.205 e. The molecule has 1 fully saturated rings. The van der Waals surface area contributed by atoms with E-state index >= 15 is 0 Å². The molecule has 1 aromatic rings. The van der Waals surface area contributed by atoms with E-state index in [4.69, 9.17) is 5.73 Å². The molecule has 0 saturated carbocycles. The Labute approximate surface area is 75.6 Å². The SMILES string of the molecule is Cc1nsc(N2CCC2CN)n1. The summed E-state index contributed by atoms with van der Waals surface area (Å²) in [6.07, 6.45) is 1.19. The van der Waals surface area contributed by atoms with Gasteiger partial charge in [0, 0.05) is 30.7 Å². The van der Waals surface area contributed by atoms with Crippen LogP contribution >= 0.6 is 11.5 Å². The Morgan fingerprint density at radius 2 is 2.58 bits per heavy atom. The number of nitrogens with zero attached hydrogens (tertiary/aromatic N) is 3. The highest BCUT2D eigenvalue weighted by atomic mass is 32.1. The molecule has 4 nitrogen and oxygen atoms in total. The lowest BCUT2D eigenvalue weighted by atomic mass is 10.1. The van der Waals surface area contributed by atoms with Crippen LogP contribution in [-0.4, -0.2) is 28.5 Å². The molecule has 0 bridgehead atoms. The number of hydrogen-bond donors (Lipinski definition) is 1. The summed E-state index contributed by atoms with van der Waals surface area (Å²) >= 11 is 1.46. The second kappa shape index (κ2) is 2.99. The van der Waals surface area contributed by atoms with Crippen molar-refractivity contribution in [2.75, 3.05) is 18.0 Å². The van der Waals surface area contributed by atoms with Crippen molar-refractivity contribution in [1.29, 1.82) is 0 Å². The van der Waals surface area contributed by atoms with Gasteiger partial charge in [-0.1, -0.05) is 0 Å². The summed E-state index contributed by atoms with van der Waals surface area (Å²) in [6, 6.07) is 0.498. The van der Waals surface area contributed by atoms with E-state index in [-0.39, 0.29) is 0 Å². The lowest BCUT2D eigenvalue weighted by molar-refractivity contribution is 0.455. The lowest BCUT2D eigenvalue weighted by Gasteiger charge is -2.39. The fourth-order valence-corrected chi connectivity index (χ4v) is 2.11. The minimum Gasteiger partial charge on any atom is -0.342 e. The molecule has 0 aromatic carbocycles. The number of aromatic nitrogens is 2. The monoisotopic (exact) mass is 184 g/mol. The molecule has 1 aliphatic heterocycles. The highest BCUT2D eigenvalue weighted by Gasteiger charge is 2.28. The van der Waals surface area contributed by atoms with Gasteiger partial charge in [0.2, 0.25) is 5.13 Å². The summed E-state index contributed by atoms with van der Waals surface area (Å²) in [5.41, 5.74) is 5.58. The summed E-state index contributed by atoms with van der Waals surface area (Å²) in [6.45, 7) is 3.71. The van der Waals surface area contributed by atoms with Crippen LogP contribution in [0.15, 0.2) is 0 Å². The normalized spacial score (nSPS) is 22.5. The van der Waals surface area contributed by atoms with Crippen molar-refractivity contribution in [1.82, 2.24) is 9.36 Å². The maximum absolute atomic E-state index is 5.58. The summed E-state index contributed by atoms with van der Waals surface area (Å²) < 4.78 is 4.14. The molecule has 5 heteroatoms. The molecule has 2 rings (SSSR count). The maximum atomic E-state index is 5.58. The van der Waals surface area contributed by atoms with Gasteiger partial charge in [-0.25, -0.2) is 4.98 Å². The zero-order valence-corrected chi connectivity index (χ0v) is 7.84. The Morgan fingerprint density at radius 1 is 1.75 bits per heavy atom. The van der Waals surface area contributed by atoms with Gasteiger partial charge in [0.05, 0.1) is 0 Å². The first kappa shape index (κ1) is 7.94. The smallest absolute Gasteiger partial charge is 0.205 e. The highest BCUT2D eigenvalue weighted by Crippen LogP contribution is 2.26. The Bertz CT molecular complexity index is 270. The van der Waals surface area contributed by atoms with Gasteiger partial charge in [-0.2, -0.15) is 4.37 Å². The van der Waals surface area contributed by atoms with Gasteiger partial charge < -0.3 is 10.6 Å². The van der Waals surface area contributed by atoms with E-state index in [1.54, 1.807) is 0 Å². The molecule has 1 aliphatic rings. The molecule has 1 atom stereocenters. The van der Waals surface area contributed by atoms with Crippen LogP contribution in [-0.2, 0) is 0 Å².